The fraction of sp³-hybridized carbons (Fsp3) is 0.700. The first-order valence-electron chi connectivity index (χ1n) is 14.4. The number of piperazine rings is 1. The number of carbonyl (C=O) groups excluding carboxylic acids is 3. The highest BCUT2D eigenvalue weighted by Crippen LogP contribution is 2.35. The van der Waals surface area contributed by atoms with Crippen LogP contribution in [0.2, 0.25) is 0 Å². The van der Waals surface area contributed by atoms with Crippen molar-refractivity contribution in [1.82, 2.24) is 15.1 Å². The lowest BCUT2D eigenvalue weighted by molar-refractivity contribution is -0.138. The van der Waals surface area contributed by atoms with Gasteiger partial charge < -0.3 is 19.9 Å². The number of likely N-dealkylation sites (tertiary alicyclic amines) is 1. The number of nitrogens with one attached hydrogen (secondary N) is 1. The van der Waals surface area contributed by atoms with Gasteiger partial charge in [-0.3, -0.25) is 19.3 Å². The topological polar surface area (TPSA) is 82.2 Å². The molecule has 3 aliphatic heterocycles. The van der Waals surface area contributed by atoms with Crippen molar-refractivity contribution in [2.45, 2.75) is 78.5 Å². The Labute approximate surface area is 228 Å². The van der Waals surface area contributed by atoms with E-state index < -0.39 is 12.1 Å². The van der Waals surface area contributed by atoms with E-state index in [1.807, 2.05) is 24.3 Å². The van der Waals surface area contributed by atoms with Gasteiger partial charge in [0.15, 0.2) is 5.78 Å². The first-order chi connectivity index (χ1) is 18.1. The summed E-state index contributed by atoms with van der Waals surface area (Å²) >= 11 is 0. The van der Waals surface area contributed by atoms with Gasteiger partial charge in [-0.25, -0.2) is 0 Å². The first-order valence-corrected chi connectivity index (χ1v) is 14.4. The molecule has 3 aliphatic rings. The molecule has 0 bridgehead atoms. The van der Waals surface area contributed by atoms with Crippen LogP contribution in [-0.2, 0) is 14.3 Å². The minimum atomic E-state index is -0.705. The molecule has 2 amide bonds. The van der Waals surface area contributed by atoms with Gasteiger partial charge in [0.05, 0.1) is 6.10 Å². The number of nitrogens with zero attached hydrogens (tertiary/aromatic N) is 3. The maximum absolute atomic E-state index is 13.9. The molecule has 0 radical (unpaired) electrons. The van der Waals surface area contributed by atoms with Crippen molar-refractivity contribution >= 4 is 23.3 Å². The summed E-state index contributed by atoms with van der Waals surface area (Å²) < 4.78 is 5.81. The van der Waals surface area contributed by atoms with Crippen LogP contribution in [0.3, 0.4) is 0 Å². The molecule has 4 rings (SSSR count). The van der Waals surface area contributed by atoms with Gasteiger partial charge in [-0.15, -0.1) is 0 Å². The van der Waals surface area contributed by atoms with Crippen LogP contribution < -0.4 is 10.2 Å². The molecule has 8 nitrogen and oxygen atoms in total. The summed E-state index contributed by atoms with van der Waals surface area (Å²) in [6, 6.07) is 6.46. The Hall–Kier alpha value is -2.45. The fourth-order valence-corrected chi connectivity index (χ4v) is 6.23. The van der Waals surface area contributed by atoms with Crippen molar-refractivity contribution in [2.24, 2.45) is 11.3 Å². The fourth-order valence-electron chi connectivity index (χ4n) is 6.23. The van der Waals surface area contributed by atoms with Crippen LogP contribution >= 0.6 is 0 Å². The van der Waals surface area contributed by atoms with Gasteiger partial charge in [0.25, 0.3) is 5.91 Å². The molecule has 3 fully saturated rings. The van der Waals surface area contributed by atoms with E-state index in [-0.39, 0.29) is 41.6 Å². The third-order valence-corrected chi connectivity index (χ3v) is 8.06. The Bertz CT molecular complexity index is 981. The van der Waals surface area contributed by atoms with Crippen LogP contribution in [-0.4, -0.2) is 91.5 Å². The molecule has 0 unspecified atom stereocenters. The average Bonchev–Trinajstić information content (AvgIpc) is 3.44. The molecule has 8 heteroatoms. The highest BCUT2D eigenvalue weighted by atomic mass is 16.5. The molecule has 0 spiro atoms. The molecular weight excluding hydrogens is 480 g/mol. The summed E-state index contributed by atoms with van der Waals surface area (Å²) in [5.74, 6) is -0.319. The predicted molar refractivity (Wildman–Crippen MR) is 149 cm³/mol. The van der Waals surface area contributed by atoms with Gasteiger partial charge in [-0.1, -0.05) is 41.0 Å². The molecule has 0 aliphatic carbocycles. The number of ether oxygens (including phenoxy) is 1. The Kier molecular flexibility index (Phi) is 9.14. The summed E-state index contributed by atoms with van der Waals surface area (Å²) in [6.45, 7) is 16.3. The highest BCUT2D eigenvalue weighted by Gasteiger charge is 2.52. The summed E-state index contributed by atoms with van der Waals surface area (Å²) in [4.78, 5) is 46.4. The standard InChI is InChI=1S/C30H46N4O4/c1-6-8-22-19-34(26-25(35)20-38-27(22)26)29(37)24(18-30(3,4)5)31-28(36)21-9-11-23(12-10-21)33-16-14-32(13-7-2)15-17-33/h9-12,22,24,26-27H,6-8,13-20H2,1-5H3,(H,31,36)/t22-,24-,26+,27+/m0/s1. The maximum atomic E-state index is 13.9. The van der Waals surface area contributed by atoms with Crippen molar-refractivity contribution in [3.05, 3.63) is 29.8 Å². The summed E-state index contributed by atoms with van der Waals surface area (Å²) in [6.07, 6.45) is 3.31. The van der Waals surface area contributed by atoms with E-state index >= 15 is 0 Å². The van der Waals surface area contributed by atoms with Crippen molar-refractivity contribution < 1.29 is 19.1 Å². The average molecular weight is 527 g/mol. The molecule has 210 valence electrons. The molecular formula is C30H46N4O4. The largest absolute Gasteiger partial charge is 0.369 e. The molecule has 38 heavy (non-hydrogen) atoms. The number of hydrogen-bond donors (Lipinski definition) is 1. The Morgan fingerprint density at radius 3 is 2.34 bits per heavy atom. The molecule has 0 aromatic heterocycles. The monoisotopic (exact) mass is 526 g/mol. The van der Waals surface area contributed by atoms with Crippen molar-refractivity contribution in [1.29, 1.82) is 0 Å². The third-order valence-electron chi connectivity index (χ3n) is 8.06. The lowest BCUT2D eigenvalue weighted by atomic mass is 9.87. The van der Waals surface area contributed by atoms with E-state index in [4.69, 9.17) is 4.74 Å². The minimum absolute atomic E-state index is 0.0334. The first kappa shape index (κ1) is 28.6. The van der Waals surface area contributed by atoms with Gasteiger partial charge in [-0.05, 0) is 55.5 Å². The van der Waals surface area contributed by atoms with E-state index in [1.165, 1.54) is 6.42 Å². The zero-order valence-electron chi connectivity index (χ0n) is 23.9. The van der Waals surface area contributed by atoms with Crippen LogP contribution in [0.4, 0.5) is 5.69 Å². The second-order valence-corrected chi connectivity index (χ2v) is 12.4. The summed E-state index contributed by atoms with van der Waals surface area (Å²) in [5.41, 5.74) is 1.47. The van der Waals surface area contributed by atoms with Crippen LogP contribution in [0, 0.1) is 11.3 Å². The smallest absolute Gasteiger partial charge is 0.251 e. The van der Waals surface area contributed by atoms with Crippen LogP contribution in [0.15, 0.2) is 24.3 Å². The Morgan fingerprint density at radius 1 is 1.05 bits per heavy atom. The lowest BCUT2D eigenvalue weighted by Gasteiger charge is -2.36. The third kappa shape index (κ3) is 6.57. The Balaban J connectivity index is 1.44. The van der Waals surface area contributed by atoms with Crippen LogP contribution in [0.1, 0.15) is 70.7 Å². The zero-order chi connectivity index (χ0) is 27.4. The molecule has 3 saturated heterocycles. The molecule has 1 aromatic rings. The number of amides is 2. The van der Waals surface area contributed by atoms with E-state index in [1.54, 1.807) is 4.90 Å². The zero-order valence-corrected chi connectivity index (χ0v) is 23.9. The molecule has 4 atom stereocenters. The molecule has 0 saturated carbocycles. The van der Waals surface area contributed by atoms with Gasteiger partial charge >= 0.3 is 0 Å². The van der Waals surface area contributed by atoms with Gasteiger partial charge in [0.1, 0.15) is 18.7 Å². The van der Waals surface area contributed by atoms with Gasteiger partial charge in [0.2, 0.25) is 5.91 Å². The molecule has 1 aromatic carbocycles. The van der Waals surface area contributed by atoms with Crippen molar-refractivity contribution in [3.8, 4) is 0 Å². The number of carbonyl (C=O) groups is 3. The molecule has 1 N–H and O–H groups in total. The summed E-state index contributed by atoms with van der Waals surface area (Å²) in [5, 5.41) is 3.02. The lowest BCUT2D eigenvalue weighted by Crippen LogP contribution is -2.53. The quantitative estimate of drug-likeness (QED) is 0.532. The number of ketones is 1. The van der Waals surface area contributed by atoms with Crippen LogP contribution in [0.5, 0.6) is 0 Å². The number of rotatable bonds is 9. The maximum Gasteiger partial charge on any atom is 0.251 e. The van der Waals surface area contributed by atoms with Gasteiger partial charge in [-0.2, -0.15) is 0 Å². The van der Waals surface area contributed by atoms with Gasteiger partial charge in [0, 0.05) is 49.9 Å². The number of benzene rings is 1. The van der Waals surface area contributed by atoms with Crippen molar-refractivity contribution in [2.75, 3.05) is 50.8 Å². The highest BCUT2D eigenvalue weighted by molar-refractivity contribution is 5.99. The normalized spacial score (nSPS) is 25.0. The van der Waals surface area contributed by atoms with Crippen LogP contribution in [0.25, 0.3) is 0 Å². The van der Waals surface area contributed by atoms with E-state index in [0.29, 0.717) is 18.5 Å². The van der Waals surface area contributed by atoms with E-state index in [9.17, 15) is 14.4 Å². The van der Waals surface area contributed by atoms with E-state index in [2.05, 4.69) is 49.7 Å². The predicted octanol–water partition coefficient (Wildman–Crippen LogP) is 3.35. The number of hydrogen-bond acceptors (Lipinski definition) is 6. The molecule has 3 heterocycles. The summed E-state index contributed by atoms with van der Waals surface area (Å²) in [7, 11) is 0. The number of fused-ring (bicyclic) bond motifs is 1. The number of anilines is 1. The van der Waals surface area contributed by atoms with Crippen molar-refractivity contribution in [3.63, 3.8) is 0 Å². The minimum Gasteiger partial charge on any atom is -0.369 e. The Morgan fingerprint density at radius 2 is 1.74 bits per heavy atom. The SMILES string of the molecule is CCC[C@H]1CN(C(=O)[C@H](CC(C)(C)C)NC(=O)c2ccc(N3CCN(CCC)CC3)cc2)[C@@H]2C(=O)CO[C@H]12. The second-order valence-electron chi connectivity index (χ2n) is 12.4. The second kappa shape index (κ2) is 12.2. The van der Waals surface area contributed by atoms with E-state index in [0.717, 1.165) is 51.3 Å². The number of Topliss-reactive ketones (excluding diaryl/α,β-unsaturated/α-hetero) is 1.